The van der Waals surface area contributed by atoms with E-state index in [2.05, 4.69) is 136 Å². The molecule has 0 spiro atoms. The molecular weight excluding hydrogens is 1670 g/mol. The number of hydrogen-bond donors (Lipinski definition) is 3. The topological polar surface area (TPSA) is 293 Å². The second-order valence-corrected chi connectivity index (χ2v) is 48.0. The van der Waals surface area contributed by atoms with Gasteiger partial charge in [-0.15, -0.1) is 0 Å². The predicted octanol–water partition coefficient (Wildman–Crippen LogP) is 20.0. The number of aliphatic hydroxyl groups excluding tert-OH is 1. The molecule has 714 valence electrons. The number of methoxy groups -OCH3 is 1. The zero-order valence-electron chi connectivity index (χ0n) is 82.0. The Bertz CT molecular complexity index is 5310. The Hall–Kier alpha value is -7.78. The molecule has 1 amide bonds. The van der Waals surface area contributed by atoms with E-state index in [4.69, 9.17) is 52.8 Å². The van der Waals surface area contributed by atoms with Gasteiger partial charge >= 0.3 is 18.0 Å². The van der Waals surface area contributed by atoms with Gasteiger partial charge in [-0.3, -0.25) is 23.7 Å². The number of nitrogens with zero attached hydrogens (tertiary/aromatic N) is 9. The molecule has 6 saturated carbocycles. The number of aryl methyl sites for hydroxylation is 1. The SMILES string of the molecule is CC(C)[C@@H](C)[C@@]1(C)CC[C@]2(C)[C@H]3CC[C@@H]4[C@@]5(COC[C@@]4(C)[C@@H](OC[C@@]4(C)CCCN4)[C@H](n4ncnc4-c4ccncc4)C5)C3=CC[C@@]2(C)[C@@H]1C(=O)O.COc1ccc(COC(=O)[C@@H]2[C@@](C)([C@H](C)C(C)C)CC[C@]3(C)[C@H]4CC[C@@H]5[C@@]6(COC[C@@]5(C)[C@@H](O)[C@H](n5ncnc5-c5ccncc5)C6)C4=CC[C@@]23C)cc1.Cc1ccc(S(=O)(=O)OC[C@@]2(C)CCCN2C(=O)OC(C)(C)C)cc1. The van der Waals surface area contributed by atoms with Crippen LogP contribution in [0.15, 0.2) is 138 Å². The summed E-state index contributed by atoms with van der Waals surface area (Å²) < 4.78 is 72.1. The van der Waals surface area contributed by atoms with Crippen LogP contribution < -0.4 is 10.1 Å². The van der Waals surface area contributed by atoms with Crippen molar-refractivity contribution in [2.45, 2.75) is 294 Å². The molecule has 131 heavy (non-hydrogen) atoms. The number of allylic oxidation sites excluding steroid dienone is 2. The number of aromatic nitrogens is 8. The summed E-state index contributed by atoms with van der Waals surface area (Å²) in [6, 6.07) is 22.0. The predicted molar refractivity (Wildman–Crippen MR) is 503 cm³/mol. The Labute approximate surface area is 779 Å². The number of fused-ring (bicyclic) bond motifs is 6. The molecule has 18 rings (SSSR count). The second kappa shape index (κ2) is 35.4. The van der Waals surface area contributed by atoms with Gasteiger partial charge in [0.15, 0.2) is 11.6 Å². The number of carbonyl (C=O) groups excluding carboxylic acids is 2. The van der Waals surface area contributed by atoms with Gasteiger partial charge in [-0.1, -0.05) is 150 Å². The molecule has 12 aliphatic rings. The third kappa shape index (κ3) is 16.3. The monoisotopic (exact) mass is 1820 g/mol. The van der Waals surface area contributed by atoms with E-state index < -0.39 is 50.8 Å². The number of likely N-dealkylation sites (tertiary alicyclic amines) is 1. The quantitative estimate of drug-likeness (QED) is 0.0363. The van der Waals surface area contributed by atoms with E-state index in [1.54, 1.807) is 70.0 Å². The summed E-state index contributed by atoms with van der Waals surface area (Å²) in [6.07, 6.45) is 29.6. The molecule has 0 radical (unpaired) electrons. The van der Waals surface area contributed by atoms with Crippen LogP contribution in [0.4, 0.5) is 4.79 Å². The molecule has 24 nitrogen and oxygen atoms in total. The van der Waals surface area contributed by atoms with Crippen molar-refractivity contribution in [1.29, 1.82) is 0 Å². The smallest absolute Gasteiger partial charge is 0.410 e. The van der Waals surface area contributed by atoms with Crippen LogP contribution in [0.2, 0.25) is 0 Å². The average Bonchev–Trinajstić information content (AvgIpc) is 0.810. The van der Waals surface area contributed by atoms with E-state index in [0.717, 1.165) is 136 Å². The van der Waals surface area contributed by atoms with E-state index in [-0.39, 0.29) is 108 Å². The number of carbonyl (C=O) groups is 3. The zero-order valence-corrected chi connectivity index (χ0v) is 82.9. The van der Waals surface area contributed by atoms with Crippen molar-refractivity contribution >= 4 is 28.1 Å². The molecular formula is C106H150N10O14S. The molecule has 0 unspecified atom stereocenters. The van der Waals surface area contributed by atoms with E-state index in [9.17, 15) is 33.0 Å². The molecule has 4 aromatic heterocycles. The highest BCUT2D eigenvalue weighted by molar-refractivity contribution is 7.86. The second-order valence-electron chi connectivity index (χ2n) is 46.4. The molecule has 4 saturated heterocycles. The lowest BCUT2D eigenvalue weighted by molar-refractivity contribution is -0.252. The minimum absolute atomic E-state index is 0.0464. The highest BCUT2D eigenvalue weighted by Crippen LogP contribution is 2.78. The van der Waals surface area contributed by atoms with Crippen LogP contribution in [0.25, 0.3) is 22.8 Å². The molecule has 3 N–H and O–H groups in total. The Morgan fingerprint density at radius 2 is 1.11 bits per heavy atom. The van der Waals surface area contributed by atoms with Gasteiger partial charge < -0.3 is 48.9 Å². The fourth-order valence-electron chi connectivity index (χ4n) is 29.4. The summed E-state index contributed by atoms with van der Waals surface area (Å²) in [5.41, 5.74) is 3.02. The number of rotatable bonds is 20. The number of aliphatic hydroxyl groups is 1. The van der Waals surface area contributed by atoms with Gasteiger partial charge in [0, 0.05) is 69.7 Å². The van der Waals surface area contributed by atoms with Crippen LogP contribution in [0.3, 0.4) is 0 Å². The van der Waals surface area contributed by atoms with Crippen molar-refractivity contribution in [1.82, 2.24) is 49.7 Å². The molecule has 4 bridgehead atoms. The highest BCUT2D eigenvalue weighted by Gasteiger charge is 2.75. The first-order chi connectivity index (χ1) is 61.8. The standard InChI is InChI=1S/C45H60N4O5.C43H63N5O4.C18H27NO5S/c1-28(2)29(3)41(4)19-20-43(6)33-13-14-36-42(5)25-53-26-45(36,23-35(38(42)50)49-39(47-27-48-49)31-16-21-46-22-17-31)34(33)15-18-44(43,7)37(41)40(51)54-24-30-9-11-32(52-8)12-10-30;1-27(2)28(3)39(5)17-18-41(7)30-10-11-33-40(6)24-51-25-43(33,31(30)12-16-42(41,8)34(39)37(49)50)22-32(35(40)52-23-38(4)15-9-19-46-38)48-36(45-26-47-48)29-13-20-44-21-14-29;1-14-7-9-15(10-8-14)25(21,22)23-13-18(5)11-6-12-19(18)16(20)24-17(2,3)4/h9-12,15-17,21-22,27-29,33,35-38,50H,13-14,18-20,23-26H2,1-8H3;12-14,20-21,26-28,30,32-35,46H,9-11,15-19,22-25H2,1-8H3,(H,49,50);7-10H,6,11-13H2,1-5H3/t29-,33+,35-,36+,37-,38+,41-,42-,43-,44+,45+;28-,30+,32-,33+,34-,35+,38-,39-,40-,41-,42+,43+;18-/m111/s1. The van der Waals surface area contributed by atoms with Crippen molar-refractivity contribution in [3.8, 4) is 28.5 Å². The van der Waals surface area contributed by atoms with Crippen molar-refractivity contribution < 1.29 is 65.6 Å². The molecule has 24 atom stereocenters. The number of aliphatic carboxylic acids is 1. The Morgan fingerprint density at radius 3 is 1.63 bits per heavy atom. The molecule has 8 heterocycles. The fraction of sp³-hybridized carbons (Fsp3) is 0.689. The van der Waals surface area contributed by atoms with Crippen LogP contribution in [0.5, 0.6) is 5.75 Å². The molecule has 25 heteroatoms. The normalized spacial score (nSPS) is 37.9. The number of carboxylic acid groups (broad SMARTS) is 1. The lowest BCUT2D eigenvalue weighted by Gasteiger charge is -2.71. The summed E-state index contributed by atoms with van der Waals surface area (Å²) >= 11 is 0. The maximum absolute atomic E-state index is 14.9. The van der Waals surface area contributed by atoms with Gasteiger partial charge in [0.1, 0.15) is 30.6 Å². The Kier molecular flexibility index (Phi) is 26.0. The number of carboxylic acids is 1. The molecule has 4 aliphatic heterocycles. The van der Waals surface area contributed by atoms with Crippen molar-refractivity contribution in [3.05, 3.63) is 145 Å². The van der Waals surface area contributed by atoms with Gasteiger partial charge in [-0.2, -0.15) is 18.6 Å². The number of amides is 1. The number of benzene rings is 2. The number of ether oxygens (including phenoxy) is 6. The van der Waals surface area contributed by atoms with E-state index in [0.29, 0.717) is 87.4 Å². The van der Waals surface area contributed by atoms with E-state index in [1.807, 2.05) is 79.5 Å². The summed E-state index contributed by atoms with van der Waals surface area (Å²) in [5.74, 6) is 3.84. The molecule has 10 fully saturated rings. The van der Waals surface area contributed by atoms with Gasteiger partial charge in [-0.25, -0.2) is 24.1 Å². The largest absolute Gasteiger partial charge is 0.497 e. The van der Waals surface area contributed by atoms with Crippen molar-refractivity contribution in [2.24, 2.45) is 113 Å². The first kappa shape index (κ1) is 96.3. The first-order valence-corrected chi connectivity index (χ1v) is 50.4. The number of pyridine rings is 2. The van der Waals surface area contributed by atoms with Crippen molar-refractivity contribution in [3.63, 3.8) is 0 Å². The Morgan fingerprint density at radius 1 is 0.603 bits per heavy atom. The highest BCUT2D eigenvalue weighted by atomic mass is 32.2. The lowest BCUT2D eigenvalue weighted by atomic mass is 9.34. The van der Waals surface area contributed by atoms with E-state index in [1.165, 1.54) is 29.7 Å². The zero-order chi connectivity index (χ0) is 94.0. The Balaban J connectivity index is 0.000000153. The average molecular weight is 1820 g/mol. The third-order valence-electron chi connectivity index (χ3n) is 37.6. The maximum atomic E-state index is 14.9. The molecule has 6 aromatic rings. The summed E-state index contributed by atoms with van der Waals surface area (Å²) in [7, 11) is -2.20. The summed E-state index contributed by atoms with van der Waals surface area (Å²) in [5, 5.41) is 37.0. The van der Waals surface area contributed by atoms with Crippen LogP contribution in [0, 0.1) is 120 Å². The van der Waals surface area contributed by atoms with Gasteiger partial charge in [0.25, 0.3) is 10.1 Å². The van der Waals surface area contributed by atoms with Gasteiger partial charge in [0.2, 0.25) is 0 Å². The van der Waals surface area contributed by atoms with Crippen molar-refractivity contribution in [2.75, 3.05) is 59.8 Å². The van der Waals surface area contributed by atoms with E-state index >= 15 is 0 Å². The van der Waals surface area contributed by atoms with Crippen LogP contribution in [0.1, 0.15) is 257 Å². The summed E-state index contributed by atoms with van der Waals surface area (Å²) in [4.78, 5) is 60.6. The molecule has 8 aliphatic carbocycles. The summed E-state index contributed by atoms with van der Waals surface area (Å²) in [6.45, 7) is 49.2. The first-order valence-electron chi connectivity index (χ1n) is 49.0. The fourth-order valence-corrected chi connectivity index (χ4v) is 30.4. The number of nitrogens with one attached hydrogen (secondary N) is 1. The van der Waals surface area contributed by atoms with Gasteiger partial charge in [0.05, 0.1) is 93.3 Å². The molecule has 2 aromatic carbocycles. The number of hydrogen-bond acceptors (Lipinski definition) is 20. The third-order valence-corrected chi connectivity index (χ3v) is 38.9. The lowest BCUT2D eigenvalue weighted by Crippen LogP contribution is -2.69. The maximum Gasteiger partial charge on any atom is 0.410 e. The number of esters is 1. The minimum Gasteiger partial charge on any atom is -0.497 e. The van der Waals surface area contributed by atoms with Gasteiger partial charge in [-0.05, 0) is 285 Å². The van der Waals surface area contributed by atoms with Crippen LogP contribution in [-0.2, 0) is 54.2 Å². The minimum atomic E-state index is -3.87. The van der Waals surface area contributed by atoms with Crippen LogP contribution >= 0.6 is 0 Å². The van der Waals surface area contributed by atoms with Crippen LogP contribution in [-0.4, -0.2) is 170 Å².